The molecule has 1 aromatic rings. The maximum Gasteiger partial charge on any atom is 0.265 e. The highest BCUT2D eigenvalue weighted by Gasteiger charge is 2.38. The highest BCUT2D eigenvalue weighted by atomic mass is 79.9. The van der Waals surface area contributed by atoms with E-state index in [0.29, 0.717) is 0 Å². The number of alkyl halides is 2. The van der Waals surface area contributed by atoms with E-state index in [2.05, 4.69) is 15.9 Å². The highest BCUT2D eigenvalue weighted by molar-refractivity contribution is 9.10. The molecule has 0 saturated carbocycles. The standard InChI is InChI=1S/C12H10BrF4NO/c13-7-2-3-8(14)9(10(7)15)11(19)18-5-1-4-12(16,17)6-18/h2-3H,1,4-6H2. The third-order valence-corrected chi connectivity index (χ3v) is 3.55. The number of amides is 1. The molecule has 1 amide bonds. The Labute approximate surface area is 115 Å². The van der Waals surface area contributed by atoms with Crippen LogP contribution in [0, 0.1) is 11.6 Å². The Kier molecular flexibility index (Phi) is 3.85. The maximum absolute atomic E-state index is 13.7. The molecular formula is C12H10BrF4NO. The molecule has 2 nitrogen and oxygen atoms in total. The van der Waals surface area contributed by atoms with E-state index in [0.717, 1.165) is 17.0 Å². The number of hydrogen-bond acceptors (Lipinski definition) is 1. The predicted octanol–water partition coefficient (Wildman–Crippen LogP) is 3.60. The van der Waals surface area contributed by atoms with Crippen molar-refractivity contribution in [3.63, 3.8) is 0 Å². The van der Waals surface area contributed by atoms with Crippen molar-refractivity contribution in [3.8, 4) is 0 Å². The normalized spacial score (nSPS) is 18.5. The monoisotopic (exact) mass is 339 g/mol. The van der Waals surface area contributed by atoms with Crippen LogP contribution in [0.3, 0.4) is 0 Å². The Morgan fingerprint density at radius 2 is 2.00 bits per heavy atom. The van der Waals surface area contributed by atoms with Gasteiger partial charge in [0.2, 0.25) is 0 Å². The number of likely N-dealkylation sites (tertiary alicyclic amines) is 1. The van der Waals surface area contributed by atoms with E-state index < -0.39 is 35.6 Å². The first-order valence-corrected chi connectivity index (χ1v) is 6.42. The van der Waals surface area contributed by atoms with Crippen LogP contribution < -0.4 is 0 Å². The van der Waals surface area contributed by atoms with E-state index in [1.54, 1.807) is 0 Å². The topological polar surface area (TPSA) is 20.3 Å². The number of hydrogen-bond donors (Lipinski definition) is 0. The summed E-state index contributed by atoms with van der Waals surface area (Å²) in [6.45, 7) is -0.739. The second-order valence-electron chi connectivity index (χ2n) is 4.40. The minimum absolute atomic E-state index is 0.0693. The molecule has 19 heavy (non-hydrogen) atoms. The highest BCUT2D eigenvalue weighted by Crippen LogP contribution is 2.29. The number of rotatable bonds is 1. The summed E-state index contributed by atoms with van der Waals surface area (Å²) in [4.78, 5) is 12.8. The largest absolute Gasteiger partial charge is 0.332 e. The number of carbonyl (C=O) groups is 1. The third-order valence-electron chi connectivity index (χ3n) is 2.94. The number of halogens is 5. The van der Waals surface area contributed by atoms with Crippen LogP contribution in [-0.2, 0) is 0 Å². The Bertz CT molecular complexity index is 521. The first kappa shape index (κ1) is 14.3. The van der Waals surface area contributed by atoms with Crippen LogP contribution in [0.4, 0.5) is 17.6 Å². The molecule has 1 saturated heterocycles. The van der Waals surface area contributed by atoms with Gasteiger partial charge in [-0.15, -0.1) is 0 Å². The molecule has 0 aliphatic carbocycles. The molecule has 7 heteroatoms. The number of nitrogens with zero attached hydrogens (tertiary/aromatic N) is 1. The van der Waals surface area contributed by atoms with Crippen LogP contribution in [0.1, 0.15) is 23.2 Å². The lowest BCUT2D eigenvalue weighted by Gasteiger charge is -2.32. The Hall–Kier alpha value is -1.11. The second kappa shape index (κ2) is 5.11. The molecule has 0 atom stereocenters. The molecule has 1 aliphatic heterocycles. The van der Waals surface area contributed by atoms with Crippen molar-refractivity contribution < 1.29 is 22.4 Å². The summed E-state index contributed by atoms with van der Waals surface area (Å²) in [6.07, 6.45) is -0.212. The summed E-state index contributed by atoms with van der Waals surface area (Å²) in [7, 11) is 0. The lowest BCUT2D eigenvalue weighted by Crippen LogP contribution is -2.46. The van der Waals surface area contributed by atoms with Gasteiger partial charge < -0.3 is 4.90 Å². The molecule has 0 unspecified atom stereocenters. The zero-order valence-electron chi connectivity index (χ0n) is 9.73. The van der Waals surface area contributed by atoms with Crippen molar-refractivity contribution >= 4 is 21.8 Å². The molecule has 1 aromatic carbocycles. The van der Waals surface area contributed by atoms with Crippen molar-refractivity contribution in [2.24, 2.45) is 0 Å². The molecule has 0 spiro atoms. The fraction of sp³-hybridized carbons (Fsp3) is 0.417. The van der Waals surface area contributed by atoms with Gasteiger partial charge in [0.25, 0.3) is 11.8 Å². The average molecular weight is 340 g/mol. The summed E-state index contributed by atoms with van der Waals surface area (Å²) in [5.74, 6) is -6.18. The Morgan fingerprint density at radius 1 is 1.32 bits per heavy atom. The maximum atomic E-state index is 13.7. The molecule has 0 bridgehead atoms. The average Bonchev–Trinajstić information content (AvgIpc) is 2.33. The van der Waals surface area contributed by atoms with Gasteiger partial charge in [-0.2, -0.15) is 0 Å². The van der Waals surface area contributed by atoms with E-state index in [1.165, 1.54) is 0 Å². The summed E-state index contributed by atoms with van der Waals surface area (Å²) >= 11 is 2.83. The van der Waals surface area contributed by atoms with Crippen LogP contribution in [0.15, 0.2) is 16.6 Å². The lowest BCUT2D eigenvalue weighted by atomic mass is 10.1. The fourth-order valence-corrected chi connectivity index (χ4v) is 2.35. The van der Waals surface area contributed by atoms with Gasteiger partial charge in [0, 0.05) is 13.0 Å². The first-order chi connectivity index (χ1) is 8.82. The summed E-state index contributed by atoms with van der Waals surface area (Å²) in [6, 6.07) is 2.04. The zero-order chi connectivity index (χ0) is 14.2. The van der Waals surface area contributed by atoms with Crippen molar-refractivity contribution in [1.29, 1.82) is 0 Å². The Morgan fingerprint density at radius 3 is 2.63 bits per heavy atom. The SMILES string of the molecule is O=C(c1c(F)ccc(Br)c1F)N1CCCC(F)(F)C1. The number of benzene rings is 1. The molecule has 0 aromatic heterocycles. The summed E-state index contributed by atoms with van der Waals surface area (Å²) < 4.78 is 53.6. The van der Waals surface area contributed by atoms with Gasteiger partial charge in [-0.25, -0.2) is 17.6 Å². The van der Waals surface area contributed by atoms with Crippen LogP contribution in [0.25, 0.3) is 0 Å². The van der Waals surface area contributed by atoms with E-state index in [-0.39, 0.29) is 23.9 Å². The molecule has 0 radical (unpaired) electrons. The van der Waals surface area contributed by atoms with Gasteiger partial charge in [-0.3, -0.25) is 4.79 Å². The second-order valence-corrected chi connectivity index (χ2v) is 5.26. The van der Waals surface area contributed by atoms with E-state index in [4.69, 9.17) is 0 Å². The van der Waals surface area contributed by atoms with Crippen molar-refractivity contribution in [1.82, 2.24) is 4.90 Å². The van der Waals surface area contributed by atoms with Gasteiger partial charge in [0.15, 0.2) is 5.82 Å². The zero-order valence-corrected chi connectivity index (χ0v) is 11.3. The molecular weight excluding hydrogens is 330 g/mol. The molecule has 1 aliphatic rings. The fourth-order valence-electron chi connectivity index (χ4n) is 2.02. The Balaban J connectivity index is 2.32. The summed E-state index contributed by atoms with van der Waals surface area (Å²) in [5, 5.41) is 0. The quantitative estimate of drug-likeness (QED) is 0.565. The number of piperidine rings is 1. The number of carbonyl (C=O) groups excluding carboxylic acids is 1. The van der Waals surface area contributed by atoms with Gasteiger partial charge in [-0.1, -0.05) is 0 Å². The minimum Gasteiger partial charge on any atom is -0.332 e. The van der Waals surface area contributed by atoms with Gasteiger partial charge in [-0.05, 0) is 34.5 Å². The first-order valence-electron chi connectivity index (χ1n) is 5.62. The van der Waals surface area contributed by atoms with Gasteiger partial charge >= 0.3 is 0 Å². The third kappa shape index (κ3) is 2.91. The molecule has 2 rings (SSSR count). The molecule has 1 fully saturated rings. The van der Waals surface area contributed by atoms with E-state index >= 15 is 0 Å². The molecule has 1 heterocycles. The van der Waals surface area contributed by atoms with E-state index in [9.17, 15) is 22.4 Å². The smallest absolute Gasteiger partial charge is 0.265 e. The van der Waals surface area contributed by atoms with Crippen LogP contribution >= 0.6 is 15.9 Å². The minimum atomic E-state index is -3.01. The molecule has 104 valence electrons. The van der Waals surface area contributed by atoms with Gasteiger partial charge in [0.1, 0.15) is 11.4 Å². The van der Waals surface area contributed by atoms with E-state index in [1.807, 2.05) is 0 Å². The predicted molar refractivity (Wildman–Crippen MR) is 64.1 cm³/mol. The van der Waals surface area contributed by atoms with Crippen LogP contribution in [0.2, 0.25) is 0 Å². The van der Waals surface area contributed by atoms with Gasteiger partial charge in [0.05, 0.1) is 11.0 Å². The van der Waals surface area contributed by atoms with Crippen molar-refractivity contribution in [2.45, 2.75) is 18.8 Å². The van der Waals surface area contributed by atoms with Crippen molar-refractivity contribution in [3.05, 3.63) is 33.8 Å². The van der Waals surface area contributed by atoms with Crippen molar-refractivity contribution in [2.75, 3.05) is 13.1 Å². The lowest BCUT2D eigenvalue weighted by molar-refractivity contribution is -0.0562. The van der Waals surface area contributed by atoms with Crippen LogP contribution in [-0.4, -0.2) is 29.8 Å². The van der Waals surface area contributed by atoms with Crippen LogP contribution in [0.5, 0.6) is 0 Å². The molecule has 0 N–H and O–H groups in total. The summed E-state index contributed by atoms with van der Waals surface area (Å²) in [5.41, 5.74) is -0.799.